The zero-order valence-corrected chi connectivity index (χ0v) is 14.7. The number of hydrogen-bond donors (Lipinski definition) is 0. The van der Waals surface area contributed by atoms with Gasteiger partial charge in [0.25, 0.3) is 11.8 Å². The predicted octanol–water partition coefficient (Wildman–Crippen LogP) is 4.25. The zero-order chi connectivity index (χ0) is 17.8. The summed E-state index contributed by atoms with van der Waals surface area (Å²) in [5.41, 5.74) is 2.03. The highest BCUT2D eigenvalue weighted by molar-refractivity contribution is 8.03. The molecular weight excluding hydrogens is 337 g/mol. The molecule has 5 heteroatoms. The minimum Gasteiger partial charge on any atom is -0.274 e. The molecular formula is C20H18FNO2S. The second-order valence-corrected chi connectivity index (χ2v) is 6.73. The third-order valence-electron chi connectivity index (χ3n) is 3.93. The SMILES string of the molecule is CCCN1C(=O)C(SCc2ccccc2)=C(c2ccc(F)cc2)C1=O. The molecule has 1 aliphatic heterocycles. The molecule has 0 radical (unpaired) electrons. The van der Waals surface area contributed by atoms with E-state index in [-0.39, 0.29) is 17.6 Å². The fourth-order valence-corrected chi connectivity index (χ4v) is 3.80. The van der Waals surface area contributed by atoms with Gasteiger partial charge < -0.3 is 0 Å². The number of hydrogen-bond acceptors (Lipinski definition) is 3. The van der Waals surface area contributed by atoms with E-state index in [1.165, 1.54) is 28.8 Å². The van der Waals surface area contributed by atoms with Crippen LogP contribution in [0.1, 0.15) is 24.5 Å². The van der Waals surface area contributed by atoms with Gasteiger partial charge in [-0.1, -0.05) is 49.4 Å². The van der Waals surface area contributed by atoms with Crippen molar-refractivity contribution in [2.75, 3.05) is 6.54 Å². The molecule has 0 saturated heterocycles. The first-order chi connectivity index (χ1) is 12.1. The minimum atomic E-state index is -0.370. The van der Waals surface area contributed by atoms with E-state index in [2.05, 4.69) is 0 Å². The molecule has 2 aromatic carbocycles. The van der Waals surface area contributed by atoms with Gasteiger partial charge in [0.1, 0.15) is 5.82 Å². The van der Waals surface area contributed by atoms with Gasteiger partial charge in [-0.3, -0.25) is 14.5 Å². The maximum atomic E-state index is 13.2. The first-order valence-corrected chi connectivity index (χ1v) is 9.13. The summed E-state index contributed by atoms with van der Waals surface area (Å²) in [5, 5.41) is 0. The maximum Gasteiger partial charge on any atom is 0.267 e. The monoisotopic (exact) mass is 355 g/mol. The Morgan fingerprint density at radius 2 is 1.64 bits per heavy atom. The summed E-state index contributed by atoms with van der Waals surface area (Å²) >= 11 is 1.36. The van der Waals surface area contributed by atoms with Gasteiger partial charge in [-0.2, -0.15) is 0 Å². The van der Waals surface area contributed by atoms with Crippen molar-refractivity contribution in [2.24, 2.45) is 0 Å². The molecule has 25 heavy (non-hydrogen) atoms. The highest BCUT2D eigenvalue weighted by atomic mass is 32.2. The first-order valence-electron chi connectivity index (χ1n) is 8.15. The number of benzene rings is 2. The zero-order valence-electron chi connectivity index (χ0n) is 13.9. The van der Waals surface area contributed by atoms with E-state index in [4.69, 9.17) is 0 Å². The van der Waals surface area contributed by atoms with Crippen LogP contribution in [0.15, 0.2) is 59.5 Å². The molecule has 1 aliphatic rings. The van der Waals surface area contributed by atoms with Crippen LogP contribution < -0.4 is 0 Å². The third-order valence-corrected chi connectivity index (χ3v) is 5.08. The molecule has 0 bridgehead atoms. The van der Waals surface area contributed by atoms with Crippen LogP contribution in [-0.4, -0.2) is 23.3 Å². The van der Waals surface area contributed by atoms with Gasteiger partial charge in [-0.25, -0.2) is 4.39 Å². The minimum absolute atomic E-state index is 0.257. The Bertz CT molecular complexity index is 815. The van der Waals surface area contributed by atoms with Crippen LogP contribution in [-0.2, 0) is 15.3 Å². The summed E-state index contributed by atoms with van der Waals surface area (Å²) in [6, 6.07) is 15.5. The molecule has 0 N–H and O–H groups in total. The number of amides is 2. The van der Waals surface area contributed by atoms with Crippen molar-refractivity contribution in [1.82, 2.24) is 4.90 Å². The van der Waals surface area contributed by atoms with E-state index >= 15 is 0 Å². The van der Waals surface area contributed by atoms with Gasteiger partial charge in [0.2, 0.25) is 0 Å². The van der Waals surface area contributed by atoms with Gasteiger partial charge in [0.15, 0.2) is 0 Å². The number of rotatable bonds is 6. The predicted molar refractivity (Wildman–Crippen MR) is 98.1 cm³/mol. The number of imide groups is 1. The number of carbonyl (C=O) groups excluding carboxylic acids is 2. The van der Waals surface area contributed by atoms with Crippen LogP contribution in [0, 0.1) is 5.82 Å². The average Bonchev–Trinajstić information content (AvgIpc) is 2.86. The molecule has 1 heterocycles. The smallest absolute Gasteiger partial charge is 0.267 e. The lowest BCUT2D eigenvalue weighted by atomic mass is 10.1. The van der Waals surface area contributed by atoms with Crippen LogP contribution in [0.25, 0.3) is 5.57 Å². The van der Waals surface area contributed by atoms with E-state index in [9.17, 15) is 14.0 Å². The van der Waals surface area contributed by atoms with E-state index < -0.39 is 0 Å². The van der Waals surface area contributed by atoms with Gasteiger partial charge in [-0.15, -0.1) is 11.8 Å². The Kier molecular flexibility index (Phi) is 5.34. The molecule has 3 nitrogen and oxygen atoms in total. The lowest BCUT2D eigenvalue weighted by molar-refractivity contribution is -0.136. The summed E-state index contributed by atoms with van der Waals surface area (Å²) in [4.78, 5) is 27.2. The second-order valence-electron chi connectivity index (χ2n) is 5.75. The fourth-order valence-electron chi connectivity index (χ4n) is 2.72. The highest BCUT2D eigenvalue weighted by Crippen LogP contribution is 2.37. The first kappa shape index (κ1) is 17.4. The normalized spacial score (nSPS) is 14.6. The molecule has 0 aliphatic carbocycles. The summed E-state index contributed by atoms with van der Waals surface area (Å²) in [5.74, 6) is -0.328. The van der Waals surface area contributed by atoms with Crippen molar-refractivity contribution < 1.29 is 14.0 Å². The average molecular weight is 355 g/mol. The number of nitrogens with zero attached hydrogens (tertiary/aromatic N) is 1. The summed E-state index contributed by atoms with van der Waals surface area (Å²) in [7, 11) is 0. The summed E-state index contributed by atoms with van der Waals surface area (Å²) < 4.78 is 13.2. The van der Waals surface area contributed by atoms with Crippen LogP contribution in [0.5, 0.6) is 0 Å². The molecule has 0 spiro atoms. The van der Waals surface area contributed by atoms with Crippen molar-refractivity contribution in [3.63, 3.8) is 0 Å². The molecule has 3 rings (SSSR count). The molecule has 0 aromatic heterocycles. The van der Waals surface area contributed by atoms with Crippen LogP contribution in [0.3, 0.4) is 0 Å². The number of halogens is 1. The molecule has 128 valence electrons. The largest absolute Gasteiger partial charge is 0.274 e. The molecule has 0 atom stereocenters. The second kappa shape index (κ2) is 7.66. The van der Waals surface area contributed by atoms with Gasteiger partial charge >= 0.3 is 0 Å². The van der Waals surface area contributed by atoms with E-state index in [1.807, 2.05) is 37.3 Å². The third kappa shape index (κ3) is 3.66. The number of carbonyl (C=O) groups is 2. The Hall–Kier alpha value is -2.40. The van der Waals surface area contributed by atoms with Crippen molar-refractivity contribution >= 4 is 29.1 Å². The quantitative estimate of drug-likeness (QED) is 0.727. The van der Waals surface area contributed by atoms with Crippen molar-refractivity contribution in [2.45, 2.75) is 19.1 Å². The molecule has 2 aromatic rings. The molecule has 0 fully saturated rings. The van der Waals surface area contributed by atoms with Crippen molar-refractivity contribution in [1.29, 1.82) is 0 Å². The van der Waals surface area contributed by atoms with Gasteiger partial charge in [0, 0.05) is 12.3 Å². The standard InChI is InChI=1S/C20H18FNO2S/c1-2-12-22-19(23)17(15-8-10-16(21)11-9-15)18(20(22)24)25-13-14-6-4-3-5-7-14/h3-11H,2,12-13H2,1H3. The Labute approximate surface area is 150 Å². The summed E-state index contributed by atoms with van der Waals surface area (Å²) in [6.07, 6.45) is 0.699. The van der Waals surface area contributed by atoms with E-state index in [0.717, 1.165) is 5.56 Å². The van der Waals surface area contributed by atoms with Crippen LogP contribution in [0.4, 0.5) is 4.39 Å². The number of thioether (sulfide) groups is 1. The van der Waals surface area contributed by atoms with Crippen molar-refractivity contribution in [3.8, 4) is 0 Å². The van der Waals surface area contributed by atoms with E-state index in [0.29, 0.717) is 34.8 Å². The topological polar surface area (TPSA) is 37.4 Å². The van der Waals surface area contributed by atoms with Crippen LogP contribution in [0.2, 0.25) is 0 Å². The van der Waals surface area contributed by atoms with Crippen molar-refractivity contribution in [3.05, 3.63) is 76.4 Å². The fraction of sp³-hybridized carbons (Fsp3) is 0.200. The molecule has 0 unspecified atom stereocenters. The van der Waals surface area contributed by atoms with Gasteiger partial charge in [-0.05, 0) is 29.7 Å². The Morgan fingerprint density at radius 3 is 2.28 bits per heavy atom. The lowest BCUT2D eigenvalue weighted by Gasteiger charge is -2.13. The van der Waals surface area contributed by atoms with Gasteiger partial charge in [0.05, 0.1) is 10.5 Å². The molecule has 0 saturated carbocycles. The highest BCUT2D eigenvalue weighted by Gasteiger charge is 2.38. The lowest BCUT2D eigenvalue weighted by Crippen LogP contribution is -2.32. The van der Waals surface area contributed by atoms with Crippen LogP contribution >= 0.6 is 11.8 Å². The van der Waals surface area contributed by atoms with E-state index in [1.54, 1.807) is 12.1 Å². The Balaban J connectivity index is 1.95. The molecule has 2 amide bonds. The Morgan fingerprint density at radius 1 is 0.960 bits per heavy atom. The summed E-state index contributed by atoms with van der Waals surface area (Å²) in [6.45, 7) is 2.31. The maximum absolute atomic E-state index is 13.2.